The van der Waals surface area contributed by atoms with Gasteiger partial charge in [0.2, 0.25) is 0 Å². The zero-order valence-electron chi connectivity index (χ0n) is 8.41. The largest absolute Gasteiger partial charge is 0.573 e. The van der Waals surface area contributed by atoms with E-state index < -0.39 is 39.7 Å². The van der Waals surface area contributed by atoms with Gasteiger partial charge in [0.05, 0.1) is 5.56 Å². The molecule has 108 valence electrons. The highest BCUT2D eigenvalue weighted by atomic mass is 127. The summed E-state index contributed by atoms with van der Waals surface area (Å²) in [5.41, 5.74) is -3.09. The smallest absolute Gasteiger partial charge is 0.405 e. The summed E-state index contributed by atoms with van der Waals surface area (Å²) in [6.45, 7) is 0. The first-order valence-corrected chi connectivity index (χ1v) is 5.31. The van der Waals surface area contributed by atoms with Crippen LogP contribution < -0.4 is 4.74 Å². The maximum absolute atomic E-state index is 12.5. The molecule has 2 nitrogen and oxygen atoms in total. The van der Waals surface area contributed by atoms with Gasteiger partial charge in [0.1, 0.15) is 15.1 Å². The van der Waals surface area contributed by atoms with E-state index in [1.807, 2.05) is 0 Å². The number of nitrogens with zero attached hydrogens (tertiary/aromatic N) is 1. The molecule has 19 heavy (non-hydrogen) atoms. The molecule has 0 spiro atoms. The molecule has 1 aromatic rings. The van der Waals surface area contributed by atoms with E-state index in [0.717, 1.165) is 22.6 Å². The zero-order valence-corrected chi connectivity index (χ0v) is 10.6. The van der Waals surface area contributed by atoms with Crippen molar-refractivity contribution in [1.29, 1.82) is 0 Å². The van der Waals surface area contributed by atoms with Gasteiger partial charge < -0.3 is 4.74 Å². The molecule has 0 saturated heterocycles. The SMILES string of the molecule is FC(F)c1c(OC(F)(F)F)cc(C(F)(F)F)nc1I. The molecule has 0 saturated carbocycles. The Balaban J connectivity index is 3.42. The second-order valence-corrected chi connectivity index (χ2v) is 4.08. The number of ether oxygens (including phenoxy) is 1. The summed E-state index contributed by atoms with van der Waals surface area (Å²) < 4.78 is 100. The lowest BCUT2D eigenvalue weighted by Gasteiger charge is -2.16. The van der Waals surface area contributed by atoms with Crippen LogP contribution in [-0.2, 0) is 6.18 Å². The van der Waals surface area contributed by atoms with Crippen LogP contribution in [0.1, 0.15) is 17.7 Å². The van der Waals surface area contributed by atoms with Crippen LogP contribution >= 0.6 is 22.6 Å². The topological polar surface area (TPSA) is 22.1 Å². The number of hydrogen-bond donors (Lipinski definition) is 0. The summed E-state index contributed by atoms with van der Waals surface area (Å²) in [5.74, 6) is -1.62. The Bertz CT molecular complexity index is 469. The lowest BCUT2D eigenvalue weighted by molar-refractivity contribution is -0.275. The Hall–Kier alpha value is -0.880. The molecule has 11 heteroatoms. The number of halogens is 9. The number of hydrogen-bond acceptors (Lipinski definition) is 2. The van der Waals surface area contributed by atoms with Gasteiger partial charge >= 0.3 is 12.5 Å². The third-order valence-corrected chi connectivity index (χ3v) is 2.53. The summed E-state index contributed by atoms with van der Waals surface area (Å²) >= 11 is 0.980. The molecular formula is C8H2F8INO. The Labute approximate surface area is 113 Å². The summed E-state index contributed by atoms with van der Waals surface area (Å²) in [4.78, 5) is 2.79. The number of rotatable bonds is 2. The lowest BCUT2D eigenvalue weighted by Crippen LogP contribution is -2.20. The minimum Gasteiger partial charge on any atom is -0.405 e. The monoisotopic (exact) mass is 407 g/mol. The Morgan fingerprint density at radius 3 is 2.00 bits per heavy atom. The molecule has 0 N–H and O–H groups in total. The van der Waals surface area contributed by atoms with E-state index in [9.17, 15) is 35.1 Å². The van der Waals surface area contributed by atoms with Crippen molar-refractivity contribution >= 4 is 22.6 Å². The predicted octanol–water partition coefficient (Wildman–Crippen LogP) is 4.54. The minimum absolute atomic E-state index is 0.211. The van der Waals surface area contributed by atoms with Crippen LogP contribution in [0.4, 0.5) is 35.1 Å². The fourth-order valence-corrected chi connectivity index (χ4v) is 1.81. The second-order valence-electron chi connectivity index (χ2n) is 3.06. The van der Waals surface area contributed by atoms with Crippen molar-refractivity contribution in [2.75, 3.05) is 0 Å². The lowest BCUT2D eigenvalue weighted by atomic mass is 10.2. The van der Waals surface area contributed by atoms with E-state index in [4.69, 9.17) is 0 Å². The summed E-state index contributed by atoms with van der Waals surface area (Å²) in [6, 6.07) is -0.211. The Kier molecular flexibility index (Phi) is 4.47. The van der Waals surface area contributed by atoms with Crippen LogP contribution in [0.15, 0.2) is 6.07 Å². The number of alkyl halides is 8. The third kappa shape index (κ3) is 4.31. The van der Waals surface area contributed by atoms with Crippen molar-refractivity contribution in [2.24, 2.45) is 0 Å². The van der Waals surface area contributed by atoms with Gasteiger partial charge in [-0.05, 0) is 22.6 Å². The first kappa shape index (κ1) is 16.2. The van der Waals surface area contributed by atoms with Gasteiger partial charge in [-0.15, -0.1) is 13.2 Å². The second kappa shape index (κ2) is 5.25. The molecule has 0 unspecified atom stereocenters. The average molecular weight is 407 g/mol. The van der Waals surface area contributed by atoms with Gasteiger partial charge in [0.25, 0.3) is 6.43 Å². The number of aromatic nitrogens is 1. The molecule has 1 heterocycles. The first-order valence-electron chi connectivity index (χ1n) is 4.23. The first-order chi connectivity index (χ1) is 8.42. The molecule has 0 aliphatic carbocycles. The molecule has 0 aliphatic rings. The molecule has 1 aromatic heterocycles. The molecular weight excluding hydrogens is 405 g/mol. The summed E-state index contributed by atoms with van der Waals surface area (Å²) in [6.07, 6.45) is -13.9. The van der Waals surface area contributed by atoms with Crippen LogP contribution in [0.3, 0.4) is 0 Å². The molecule has 0 atom stereocenters. The van der Waals surface area contributed by atoms with Crippen molar-refractivity contribution in [3.63, 3.8) is 0 Å². The quantitative estimate of drug-likeness (QED) is 0.408. The van der Waals surface area contributed by atoms with Gasteiger partial charge in [-0.25, -0.2) is 13.8 Å². The van der Waals surface area contributed by atoms with Gasteiger partial charge in [-0.3, -0.25) is 0 Å². The molecule has 0 aromatic carbocycles. The fourth-order valence-electron chi connectivity index (χ4n) is 1.05. The van der Waals surface area contributed by atoms with Gasteiger partial charge in [-0.1, -0.05) is 0 Å². The van der Waals surface area contributed by atoms with Crippen molar-refractivity contribution < 1.29 is 39.9 Å². The van der Waals surface area contributed by atoms with E-state index in [-0.39, 0.29) is 6.07 Å². The van der Waals surface area contributed by atoms with Crippen LogP contribution in [0.25, 0.3) is 0 Å². The van der Waals surface area contributed by atoms with Gasteiger partial charge in [0.15, 0.2) is 0 Å². The molecule has 1 rings (SSSR count). The van der Waals surface area contributed by atoms with Crippen molar-refractivity contribution in [3.05, 3.63) is 21.0 Å². The van der Waals surface area contributed by atoms with Crippen LogP contribution in [0.2, 0.25) is 0 Å². The molecule has 0 aliphatic heterocycles. The van der Waals surface area contributed by atoms with Crippen LogP contribution in [0, 0.1) is 3.70 Å². The maximum atomic E-state index is 12.5. The van der Waals surface area contributed by atoms with E-state index in [1.54, 1.807) is 0 Å². The maximum Gasteiger partial charge on any atom is 0.573 e. The van der Waals surface area contributed by atoms with E-state index >= 15 is 0 Å². The van der Waals surface area contributed by atoms with Gasteiger partial charge in [0, 0.05) is 6.07 Å². The highest BCUT2D eigenvalue weighted by Gasteiger charge is 2.39. The minimum atomic E-state index is -5.39. The van der Waals surface area contributed by atoms with Crippen LogP contribution in [-0.4, -0.2) is 11.3 Å². The zero-order chi connectivity index (χ0) is 15.0. The van der Waals surface area contributed by atoms with Crippen molar-refractivity contribution in [3.8, 4) is 5.75 Å². The molecule has 0 fully saturated rings. The van der Waals surface area contributed by atoms with E-state index in [2.05, 4.69) is 9.72 Å². The highest BCUT2D eigenvalue weighted by Crippen LogP contribution is 2.39. The van der Waals surface area contributed by atoms with Crippen molar-refractivity contribution in [2.45, 2.75) is 19.0 Å². The standard InChI is InChI=1S/C8H2F8INO/c9-5(10)4-2(19-8(14,15)16)1-3(7(11,12)13)18-6(4)17/h1,5H. The van der Waals surface area contributed by atoms with Crippen LogP contribution in [0.5, 0.6) is 5.75 Å². The molecule has 0 bridgehead atoms. The summed E-state index contributed by atoms with van der Waals surface area (Å²) in [7, 11) is 0. The van der Waals surface area contributed by atoms with E-state index in [0.29, 0.717) is 0 Å². The molecule has 0 radical (unpaired) electrons. The third-order valence-electron chi connectivity index (χ3n) is 1.71. The van der Waals surface area contributed by atoms with Gasteiger partial charge in [-0.2, -0.15) is 13.2 Å². The Morgan fingerprint density at radius 2 is 1.63 bits per heavy atom. The highest BCUT2D eigenvalue weighted by molar-refractivity contribution is 14.1. The molecule has 0 amide bonds. The predicted molar refractivity (Wildman–Crippen MR) is 53.6 cm³/mol. The average Bonchev–Trinajstić information content (AvgIpc) is 2.11. The fraction of sp³-hybridized carbons (Fsp3) is 0.375. The Morgan fingerprint density at radius 1 is 1.11 bits per heavy atom. The number of pyridine rings is 1. The normalized spacial score (nSPS) is 12.9. The van der Waals surface area contributed by atoms with E-state index in [1.165, 1.54) is 0 Å². The summed E-state index contributed by atoms with van der Waals surface area (Å²) in [5, 5.41) is 0. The van der Waals surface area contributed by atoms with Crippen molar-refractivity contribution in [1.82, 2.24) is 4.98 Å².